The van der Waals surface area contributed by atoms with Crippen LogP contribution in [0.4, 0.5) is 0 Å². The van der Waals surface area contributed by atoms with Crippen molar-refractivity contribution in [2.75, 3.05) is 0 Å². The predicted molar refractivity (Wildman–Crippen MR) is 117 cm³/mol. The highest BCUT2D eigenvalue weighted by molar-refractivity contribution is 7.98. The first kappa shape index (κ1) is 19.1. The lowest BCUT2D eigenvalue weighted by Gasteiger charge is -2.09. The van der Waals surface area contributed by atoms with E-state index in [0.29, 0.717) is 39.7 Å². The molecule has 0 unspecified atom stereocenters. The molecule has 1 fully saturated rings. The highest BCUT2D eigenvalue weighted by Gasteiger charge is 2.25. The number of amides is 1. The number of nitrogens with zero attached hydrogens (tertiary/aromatic N) is 3. The number of aromatic nitrogens is 3. The highest BCUT2D eigenvalue weighted by Crippen LogP contribution is 2.30. The Morgan fingerprint density at radius 1 is 1.13 bits per heavy atom. The molecule has 6 nitrogen and oxygen atoms in total. The fourth-order valence-corrected chi connectivity index (χ4v) is 4.06. The van der Waals surface area contributed by atoms with Gasteiger partial charge in [-0.15, -0.1) is 10.2 Å². The molecule has 5 rings (SSSR count). The number of fused-ring (bicyclic) bond motifs is 1. The Hall–Kier alpha value is -2.90. The molecule has 0 bridgehead atoms. The van der Waals surface area contributed by atoms with E-state index in [4.69, 9.17) is 16.0 Å². The predicted octanol–water partition coefficient (Wildman–Crippen LogP) is 5.12. The minimum Gasteiger partial charge on any atom is -0.420 e. The summed E-state index contributed by atoms with van der Waals surface area (Å²) in [6.45, 7) is 0. The summed E-state index contributed by atoms with van der Waals surface area (Å²) in [6, 6.07) is 17.1. The van der Waals surface area contributed by atoms with Gasteiger partial charge in [0.05, 0.1) is 32.4 Å². The molecule has 0 spiro atoms. The van der Waals surface area contributed by atoms with Crippen LogP contribution in [0.25, 0.3) is 22.4 Å². The summed E-state index contributed by atoms with van der Waals surface area (Å²) in [7, 11) is 0. The van der Waals surface area contributed by atoms with Gasteiger partial charge in [-0.1, -0.05) is 53.7 Å². The molecule has 2 aromatic heterocycles. The Morgan fingerprint density at radius 2 is 1.93 bits per heavy atom. The molecule has 0 radical (unpaired) electrons. The first-order valence-corrected chi connectivity index (χ1v) is 10.9. The molecule has 0 atom stereocenters. The molecular formula is C22H17ClN4O2S. The highest BCUT2D eigenvalue weighted by atomic mass is 35.5. The summed E-state index contributed by atoms with van der Waals surface area (Å²) >= 11 is 7.65. The lowest BCUT2D eigenvalue weighted by Crippen LogP contribution is -2.25. The number of rotatable bonds is 6. The van der Waals surface area contributed by atoms with Gasteiger partial charge in [0.2, 0.25) is 11.8 Å². The van der Waals surface area contributed by atoms with Crippen molar-refractivity contribution in [2.45, 2.75) is 29.7 Å². The van der Waals surface area contributed by atoms with Crippen molar-refractivity contribution >= 4 is 40.2 Å². The van der Waals surface area contributed by atoms with Gasteiger partial charge in [-0.25, -0.2) is 4.98 Å². The van der Waals surface area contributed by atoms with Gasteiger partial charge in [0, 0.05) is 11.4 Å². The largest absolute Gasteiger partial charge is 0.420 e. The zero-order valence-electron chi connectivity index (χ0n) is 15.8. The number of hydrogen-bond acceptors (Lipinski definition) is 6. The van der Waals surface area contributed by atoms with E-state index in [1.807, 2.05) is 48.5 Å². The van der Waals surface area contributed by atoms with Crippen LogP contribution in [0.15, 0.2) is 64.0 Å². The SMILES string of the molecule is O=C(NC1CC1)c1cc(SCc2nnc(-c3ccccc3Cl)o2)nc2ccccc12. The average Bonchev–Trinajstić information content (AvgIpc) is 3.45. The van der Waals surface area contributed by atoms with Gasteiger partial charge in [0.1, 0.15) is 0 Å². The maximum Gasteiger partial charge on any atom is 0.252 e. The molecule has 8 heteroatoms. The standard InChI is InChI=1S/C22H17ClN4O2S/c23-17-7-3-1-6-15(17)22-27-26-19(29-22)12-30-20-11-16(21(28)24-13-9-10-13)14-5-2-4-8-18(14)25-20/h1-8,11,13H,9-10,12H2,(H,24,28). The minimum atomic E-state index is -0.0586. The Morgan fingerprint density at radius 3 is 2.77 bits per heavy atom. The lowest BCUT2D eigenvalue weighted by molar-refractivity contribution is 0.0952. The number of halogens is 1. The van der Waals surface area contributed by atoms with Crippen LogP contribution < -0.4 is 5.32 Å². The smallest absolute Gasteiger partial charge is 0.252 e. The minimum absolute atomic E-state index is 0.0586. The molecule has 1 saturated carbocycles. The number of carbonyl (C=O) groups excluding carboxylic acids is 1. The molecule has 30 heavy (non-hydrogen) atoms. The summed E-state index contributed by atoms with van der Waals surface area (Å²) < 4.78 is 5.76. The third kappa shape index (κ3) is 4.04. The topological polar surface area (TPSA) is 80.9 Å². The Kier molecular flexibility index (Phi) is 5.14. The molecule has 1 aliphatic carbocycles. The third-order valence-corrected chi connectivity index (χ3v) is 5.99. The molecule has 1 N–H and O–H groups in total. The van der Waals surface area contributed by atoms with Crippen LogP contribution in [-0.4, -0.2) is 27.1 Å². The van der Waals surface area contributed by atoms with E-state index in [1.165, 1.54) is 11.8 Å². The van der Waals surface area contributed by atoms with Crippen molar-refractivity contribution in [3.05, 3.63) is 71.1 Å². The second-order valence-electron chi connectivity index (χ2n) is 7.04. The fraction of sp³-hybridized carbons (Fsp3) is 0.182. The van der Waals surface area contributed by atoms with Crippen molar-refractivity contribution in [1.29, 1.82) is 0 Å². The molecule has 2 aromatic carbocycles. The number of hydrogen-bond donors (Lipinski definition) is 1. The number of benzene rings is 2. The van der Waals surface area contributed by atoms with Crippen molar-refractivity contribution < 1.29 is 9.21 Å². The first-order chi connectivity index (χ1) is 14.7. The van der Waals surface area contributed by atoms with Crippen LogP contribution in [-0.2, 0) is 5.75 Å². The van der Waals surface area contributed by atoms with Gasteiger partial charge in [-0.05, 0) is 37.1 Å². The van der Waals surface area contributed by atoms with Crippen LogP contribution in [0, 0.1) is 0 Å². The van der Waals surface area contributed by atoms with Crippen LogP contribution >= 0.6 is 23.4 Å². The molecule has 0 saturated heterocycles. The van der Waals surface area contributed by atoms with E-state index in [2.05, 4.69) is 20.5 Å². The van der Waals surface area contributed by atoms with E-state index in [9.17, 15) is 4.79 Å². The fourth-order valence-electron chi connectivity index (χ4n) is 3.09. The van der Waals surface area contributed by atoms with E-state index in [-0.39, 0.29) is 5.91 Å². The lowest BCUT2D eigenvalue weighted by atomic mass is 10.1. The number of para-hydroxylation sites is 1. The second kappa shape index (κ2) is 8.08. The zero-order chi connectivity index (χ0) is 20.5. The summed E-state index contributed by atoms with van der Waals surface area (Å²) in [4.78, 5) is 17.4. The Labute approximate surface area is 182 Å². The molecule has 1 amide bonds. The van der Waals surface area contributed by atoms with Crippen molar-refractivity contribution in [1.82, 2.24) is 20.5 Å². The van der Waals surface area contributed by atoms with Crippen LogP contribution in [0.3, 0.4) is 0 Å². The van der Waals surface area contributed by atoms with Crippen LogP contribution in [0.5, 0.6) is 0 Å². The van der Waals surface area contributed by atoms with Gasteiger partial charge in [-0.3, -0.25) is 4.79 Å². The zero-order valence-corrected chi connectivity index (χ0v) is 17.4. The van der Waals surface area contributed by atoms with Gasteiger partial charge >= 0.3 is 0 Å². The summed E-state index contributed by atoms with van der Waals surface area (Å²) in [5.74, 6) is 1.23. The molecular weight excluding hydrogens is 420 g/mol. The van der Waals surface area contributed by atoms with Crippen LogP contribution in [0.1, 0.15) is 29.1 Å². The van der Waals surface area contributed by atoms with Gasteiger partial charge in [0.15, 0.2) is 0 Å². The second-order valence-corrected chi connectivity index (χ2v) is 8.45. The number of carbonyl (C=O) groups is 1. The number of nitrogens with one attached hydrogen (secondary N) is 1. The third-order valence-electron chi connectivity index (χ3n) is 4.76. The van der Waals surface area contributed by atoms with Crippen LogP contribution in [0.2, 0.25) is 5.02 Å². The Balaban J connectivity index is 1.38. The number of pyridine rings is 1. The van der Waals surface area contributed by atoms with Crippen molar-refractivity contribution in [3.63, 3.8) is 0 Å². The van der Waals surface area contributed by atoms with Gasteiger partial charge in [0.25, 0.3) is 5.91 Å². The molecule has 4 aromatic rings. The first-order valence-electron chi connectivity index (χ1n) is 9.58. The van der Waals surface area contributed by atoms with Crippen molar-refractivity contribution in [3.8, 4) is 11.5 Å². The van der Waals surface area contributed by atoms with Crippen molar-refractivity contribution in [2.24, 2.45) is 0 Å². The average molecular weight is 437 g/mol. The molecule has 1 aliphatic rings. The quantitative estimate of drug-likeness (QED) is 0.422. The van der Waals surface area contributed by atoms with E-state index >= 15 is 0 Å². The maximum absolute atomic E-state index is 12.7. The van der Waals surface area contributed by atoms with E-state index < -0.39 is 0 Å². The maximum atomic E-state index is 12.7. The van der Waals surface area contributed by atoms with Gasteiger partial charge in [-0.2, -0.15) is 0 Å². The molecule has 150 valence electrons. The molecule has 0 aliphatic heterocycles. The van der Waals surface area contributed by atoms with E-state index in [1.54, 1.807) is 6.07 Å². The Bertz CT molecular complexity index is 1240. The number of thioether (sulfide) groups is 1. The monoisotopic (exact) mass is 436 g/mol. The summed E-state index contributed by atoms with van der Waals surface area (Å²) in [6.07, 6.45) is 2.09. The van der Waals surface area contributed by atoms with E-state index in [0.717, 1.165) is 28.8 Å². The molecule has 2 heterocycles. The summed E-state index contributed by atoms with van der Waals surface area (Å²) in [5, 5.41) is 13.4. The normalized spacial score (nSPS) is 13.5. The summed E-state index contributed by atoms with van der Waals surface area (Å²) in [5.41, 5.74) is 2.12. The van der Waals surface area contributed by atoms with Gasteiger partial charge < -0.3 is 9.73 Å².